The molecule has 0 spiro atoms. The molecule has 0 bridgehead atoms. The van der Waals surface area contributed by atoms with Crippen molar-refractivity contribution in [3.05, 3.63) is 48.0 Å². The number of benzene rings is 2. The number of thiophene rings is 1. The van der Waals surface area contributed by atoms with Crippen LogP contribution in [0.25, 0.3) is 20.2 Å². The van der Waals surface area contributed by atoms with Crippen molar-refractivity contribution in [3.63, 3.8) is 0 Å². The molecule has 0 fully saturated rings. The molecule has 0 amide bonds. The third-order valence-electron chi connectivity index (χ3n) is 2.62. The average Bonchev–Trinajstić information content (AvgIpc) is 2.67. The number of carboxylic acids is 1. The zero-order valence-electron chi connectivity index (χ0n) is 9.27. The van der Waals surface area contributed by atoms with Gasteiger partial charge in [-0.15, -0.1) is 11.3 Å². The fraction of sp³-hybridized carbons (Fsp3) is 0. The van der Waals surface area contributed by atoms with Crippen molar-refractivity contribution in [2.45, 2.75) is 0 Å². The van der Waals surface area contributed by atoms with Crippen LogP contribution in [0, 0.1) is 0 Å². The van der Waals surface area contributed by atoms with Gasteiger partial charge in [0.15, 0.2) is 0 Å². The Bertz CT molecular complexity index is 703. The number of carbonyl (C=O) groups is 1. The maximum atomic E-state index is 11.0. The van der Waals surface area contributed by atoms with Crippen molar-refractivity contribution >= 4 is 37.5 Å². The summed E-state index contributed by atoms with van der Waals surface area (Å²) in [7, 11) is 0. The summed E-state index contributed by atoms with van der Waals surface area (Å²) in [6.45, 7) is 0. The van der Waals surface area contributed by atoms with E-state index in [1.165, 1.54) is 11.3 Å². The zero-order valence-corrected chi connectivity index (χ0v) is 12.1. The Morgan fingerprint density at radius 1 is 1.00 bits per heavy atom. The van der Waals surface area contributed by atoms with E-state index < -0.39 is 5.97 Å². The normalized spacial score (nSPS) is 10.4. The molecular weight excluding hydrogens is 243 g/mol. The van der Waals surface area contributed by atoms with Crippen LogP contribution in [0.1, 0.15) is 10.4 Å². The zero-order chi connectivity index (χ0) is 11.1. The van der Waals surface area contributed by atoms with Crippen molar-refractivity contribution in [1.82, 2.24) is 0 Å². The average molecular weight is 250 g/mol. The van der Waals surface area contributed by atoms with Crippen molar-refractivity contribution in [1.29, 1.82) is 0 Å². The first-order valence-corrected chi connectivity index (χ1v) is 5.70. The molecular formula is C13H7NaO2S. The van der Waals surface area contributed by atoms with Crippen LogP contribution in [0.2, 0.25) is 0 Å². The maximum Gasteiger partial charge on any atom is 1.00 e. The number of aromatic carboxylic acids is 1. The first-order valence-electron chi connectivity index (χ1n) is 4.89. The Morgan fingerprint density at radius 2 is 1.71 bits per heavy atom. The quantitative estimate of drug-likeness (QED) is 0.542. The summed E-state index contributed by atoms with van der Waals surface area (Å²) in [5.74, 6) is -1.11. The third-order valence-corrected chi connectivity index (χ3v) is 3.84. The van der Waals surface area contributed by atoms with Crippen LogP contribution in [-0.4, -0.2) is 5.97 Å². The Labute approximate surface area is 124 Å². The van der Waals surface area contributed by atoms with Gasteiger partial charge in [-0.25, -0.2) is 0 Å². The van der Waals surface area contributed by atoms with Gasteiger partial charge in [0.1, 0.15) is 0 Å². The van der Waals surface area contributed by atoms with Crippen molar-refractivity contribution in [3.8, 4) is 0 Å². The molecule has 0 saturated heterocycles. The Hall–Kier alpha value is -0.870. The van der Waals surface area contributed by atoms with Crippen LogP contribution in [0.3, 0.4) is 0 Å². The number of carboxylic acid groups (broad SMARTS) is 1. The predicted octanol–water partition coefficient (Wildman–Crippen LogP) is -0.578. The number of fused-ring (bicyclic) bond motifs is 3. The summed E-state index contributed by atoms with van der Waals surface area (Å²) in [5, 5.41) is 13.1. The molecule has 0 saturated carbocycles. The summed E-state index contributed by atoms with van der Waals surface area (Å²) in [6.07, 6.45) is 0. The van der Waals surface area contributed by atoms with Gasteiger partial charge in [-0.2, -0.15) is 0 Å². The Kier molecular flexibility index (Phi) is 3.54. The second-order valence-corrected chi connectivity index (χ2v) is 4.62. The molecule has 4 heteroatoms. The molecule has 1 heterocycles. The minimum Gasteiger partial charge on any atom is -0.545 e. The van der Waals surface area contributed by atoms with E-state index in [4.69, 9.17) is 0 Å². The fourth-order valence-corrected chi connectivity index (χ4v) is 3.11. The standard InChI is InChI=1S/C13H8O2S.Na/c14-13(15)10-6-3-5-9-8-4-1-2-7-11(8)16-12(9)10;/h1-7H,(H,14,15);/q;+1/p-1. The third kappa shape index (κ3) is 2.00. The molecule has 0 N–H and O–H groups in total. The summed E-state index contributed by atoms with van der Waals surface area (Å²) >= 11 is 1.50. The number of hydrogen-bond acceptors (Lipinski definition) is 3. The summed E-state index contributed by atoms with van der Waals surface area (Å²) in [4.78, 5) is 11.0. The monoisotopic (exact) mass is 250 g/mol. The molecule has 1 aromatic heterocycles. The molecule has 0 aliphatic rings. The van der Waals surface area contributed by atoms with Crippen LogP contribution in [0.15, 0.2) is 42.5 Å². The fourth-order valence-electron chi connectivity index (χ4n) is 1.91. The SMILES string of the molecule is O=C([O-])c1cccc2c1sc1ccccc12.[Na+]. The van der Waals surface area contributed by atoms with E-state index in [0.717, 1.165) is 20.2 Å². The van der Waals surface area contributed by atoms with E-state index in [-0.39, 0.29) is 35.1 Å². The molecule has 0 atom stereocenters. The van der Waals surface area contributed by atoms with Crippen molar-refractivity contribution in [2.24, 2.45) is 0 Å². The molecule has 0 radical (unpaired) electrons. The van der Waals surface area contributed by atoms with E-state index in [2.05, 4.69) is 0 Å². The van der Waals surface area contributed by atoms with Crippen LogP contribution < -0.4 is 34.7 Å². The van der Waals surface area contributed by atoms with Gasteiger partial charge in [0, 0.05) is 25.7 Å². The van der Waals surface area contributed by atoms with Gasteiger partial charge in [0.05, 0.1) is 5.97 Å². The van der Waals surface area contributed by atoms with Crippen molar-refractivity contribution < 1.29 is 39.5 Å². The van der Waals surface area contributed by atoms with E-state index in [1.807, 2.05) is 30.3 Å². The van der Waals surface area contributed by atoms with E-state index in [9.17, 15) is 9.90 Å². The first kappa shape index (κ1) is 12.6. The van der Waals surface area contributed by atoms with Gasteiger partial charge in [-0.1, -0.05) is 36.4 Å². The predicted molar refractivity (Wildman–Crippen MR) is 63.7 cm³/mol. The Balaban J connectivity index is 0.00000108. The molecule has 3 aromatic rings. The van der Waals surface area contributed by atoms with Crippen LogP contribution >= 0.6 is 11.3 Å². The summed E-state index contributed by atoms with van der Waals surface area (Å²) < 4.78 is 1.90. The molecule has 78 valence electrons. The van der Waals surface area contributed by atoms with E-state index in [0.29, 0.717) is 0 Å². The maximum absolute atomic E-state index is 11.0. The molecule has 17 heavy (non-hydrogen) atoms. The minimum atomic E-state index is -1.11. The van der Waals surface area contributed by atoms with E-state index in [1.54, 1.807) is 12.1 Å². The molecule has 0 unspecified atom stereocenters. The minimum absolute atomic E-state index is 0. The van der Waals surface area contributed by atoms with Crippen LogP contribution in [-0.2, 0) is 0 Å². The van der Waals surface area contributed by atoms with E-state index >= 15 is 0 Å². The Morgan fingerprint density at radius 3 is 2.47 bits per heavy atom. The van der Waals surface area contributed by atoms with Crippen LogP contribution in [0.4, 0.5) is 0 Å². The van der Waals surface area contributed by atoms with Gasteiger partial charge in [-0.3, -0.25) is 0 Å². The second kappa shape index (κ2) is 4.78. The smallest absolute Gasteiger partial charge is 0.545 e. The van der Waals surface area contributed by atoms with Gasteiger partial charge in [-0.05, 0) is 6.07 Å². The van der Waals surface area contributed by atoms with Gasteiger partial charge < -0.3 is 9.90 Å². The molecule has 2 nitrogen and oxygen atoms in total. The topological polar surface area (TPSA) is 40.1 Å². The number of hydrogen-bond donors (Lipinski definition) is 0. The number of rotatable bonds is 1. The molecule has 0 aliphatic carbocycles. The number of carbonyl (C=O) groups excluding carboxylic acids is 1. The van der Waals surface area contributed by atoms with Crippen molar-refractivity contribution in [2.75, 3.05) is 0 Å². The molecule has 0 aliphatic heterocycles. The van der Waals surface area contributed by atoms with Gasteiger partial charge in [0.25, 0.3) is 0 Å². The summed E-state index contributed by atoms with van der Waals surface area (Å²) in [5.41, 5.74) is 0.277. The van der Waals surface area contributed by atoms with Gasteiger partial charge >= 0.3 is 29.6 Å². The second-order valence-electron chi connectivity index (χ2n) is 3.57. The summed E-state index contributed by atoms with van der Waals surface area (Å²) in [6, 6.07) is 13.2. The largest absolute Gasteiger partial charge is 1.00 e. The van der Waals surface area contributed by atoms with Crippen LogP contribution in [0.5, 0.6) is 0 Å². The molecule has 3 rings (SSSR count). The first-order chi connectivity index (χ1) is 7.77. The van der Waals surface area contributed by atoms with Gasteiger partial charge in [0.2, 0.25) is 0 Å². The molecule has 2 aromatic carbocycles.